The van der Waals surface area contributed by atoms with Crippen molar-refractivity contribution in [2.45, 2.75) is 38.1 Å². The summed E-state index contributed by atoms with van der Waals surface area (Å²) in [6.07, 6.45) is 6.86. The highest BCUT2D eigenvalue weighted by Crippen LogP contribution is 2.24. The van der Waals surface area contributed by atoms with E-state index >= 15 is 0 Å². The van der Waals surface area contributed by atoms with Gasteiger partial charge in [0.2, 0.25) is 5.91 Å². The molecule has 6 heteroatoms. The summed E-state index contributed by atoms with van der Waals surface area (Å²) in [4.78, 5) is 17.3. The number of nitrogens with zero attached hydrogens (tertiary/aromatic N) is 2. The number of anilines is 1. The van der Waals surface area contributed by atoms with E-state index < -0.39 is 0 Å². The van der Waals surface area contributed by atoms with E-state index in [-0.39, 0.29) is 18.3 Å². The first kappa shape index (κ1) is 22.6. The number of nitrogens with one attached hydrogen (secondary N) is 1. The van der Waals surface area contributed by atoms with E-state index in [1.807, 2.05) is 54.6 Å². The molecule has 2 aromatic carbocycles. The summed E-state index contributed by atoms with van der Waals surface area (Å²) in [5.74, 6) is 1.61. The van der Waals surface area contributed by atoms with Gasteiger partial charge in [-0.3, -0.25) is 14.6 Å². The molecule has 0 aromatic heterocycles. The number of para-hydroxylation sites is 1. The van der Waals surface area contributed by atoms with E-state index in [1.54, 1.807) is 0 Å². The van der Waals surface area contributed by atoms with Crippen LogP contribution in [0, 0.1) is 0 Å². The van der Waals surface area contributed by atoms with Crippen LogP contribution in [0.25, 0.3) is 0 Å². The third kappa shape index (κ3) is 6.46. The first-order valence-corrected chi connectivity index (χ1v) is 10.9. The first-order chi connectivity index (χ1) is 14.3. The van der Waals surface area contributed by atoms with Gasteiger partial charge in [0, 0.05) is 37.9 Å². The van der Waals surface area contributed by atoms with Crippen molar-refractivity contribution in [3.8, 4) is 11.5 Å². The Morgan fingerprint density at radius 1 is 0.867 bits per heavy atom. The third-order valence-electron chi connectivity index (χ3n) is 5.98. The average molecular weight is 430 g/mol. The minimum atomic E-state index is 0. The summed E-state index contributed by atoms with van der Waals surface area (Å²) >= 11 is 0. The van der Waals surface area contributed by atoms with Crippen molar-refractivity contribution in [3.05, 3.63) is 54.6 Å². The average Bonchev–Trinajstić information content (AvgIpc) is 2.77. The molecule has 2 aromatic rings. The van der Waals surface area contributed by atoms with Gasteiger partial charge >= 0.3 is 0 Å². The Hall–Kier alpha value is -2.08. The number of halogens is 1. The molecule has 1 aliphatic carbocycles. The number of hydrogen-bond acceptors (Lipinski definition) is 4. The van der Waals surface area contributed by atoms with Gasteiger partial charge in [0.25, 0.3) is 0 Å². The number of carbonyl (C=O) groups excluding carboxylic acids is 1. The van der Waals surface area contributed by atoms with Crippen LogP contribution in [0.3, 0.4) is 0 Å². The van der Waals surface area contributed by atoms with Gasteiger partial charge in [-0.15, -0.1) is 12.4 Å². The predicted octanol–water partition coefficient (Wildman–Crippen LogP) is 4.79. The van der Waals surface area contributed by atoms with E-state index in [0.29, 0.717) is 6.54 Å². The summed E-state index contributed by atoms with van der Waals surface area (Å²) in [6, 6.07) is 18.0. The van der Waals surface area contributed by atoms with Gasteiger partial charge in [0.1, 0.15) is 11.5 Å². The van der Waals surface area contributed by atoms with Crippen molar-refractivity contribution in [1.82, 2.24) is 9.80 Å². The Labute approximate surface area is 185 Å². The smallest absolute Gasteiger partial charge is 0.238 e. The number of benzene rings is 2. The summed E-state index contributed by atoms with van der Waals surface area (Å²) in [6.45, 7) is 4.59. The number of rotatable bonds is 6. The Morgan fingerprint density at radius 3 is 2.17 bits per heavy atom. The highest BCUT2D eigenvalue weighted by atomic mass is 35.5. The van der Waals surface area contributed by atoms with Crippen LogP contribution in [-0.4, -0.2) is 54.5 Å². The van der Waals surface area contributed by atoms with Crippen LogP contribution in [0.15, 0.2) is 54.6 Å². The lowest BCUT2D eigenvalue weighted by atomic mass is 9.94. The molecule has 2 fully saturated rings. The van der Waals surface area contributed by atoms with E-state index in [2.05, 4.69) is 15.1 Å². The van der Waals surface area contributed by atoms with Gasteiger partial charge < -0.3 is 10.1 Å². The summed E-state index contributed by atoms with van der Waals surface area (Å²) in [5, 5.41) is 3.01. The fourth-order valence-electron chi connectivity index (χ4n) is 4.37. The zero-order valence-corrected chi connectivity index (χ0v) is 18.3. The lowest BCUT2D eigenvalue weighted by molar-refractivity contribution is -0.117. The second-order valence-electron chi connectivity index (χ2n) is 8.09. The molecule has 5 nitrogen and oxygen atoms in total. The van der Waals surface area contributed by atoms with E-state index in [4.69, 9.17) is 4.74 Å². The standard InChI is InChI=1S/C24H31N3O2.ClH/c28-24(19-26-15-17-27(18-16-26)21-7-3-1-4-8-21)25-20-11-13-23(14-12-20)29-22-9-5-2-6-10-22;/h2,5-6,9-14,21H,1,3-4,7-8,15-19H2,(H,25,28);1H. The van der Waals surface area contributed by atoms with Crippen LogP contribution < -0.4 is 10.1 Å². The second-order valence-corrected chi connectivity index (χ2v) is 8.09. The van der Waals surface area contributed by atoms with Crippen molar-refractivity contribution in [3.63, 3.8) is 0 Å². The van der Waals surface area contributed by atoms with Crippen LogP contribution >= 0.6 is 12.4 Å². The SMILES string of the molecule is Cl.O=C(CN1CCN(C2CCCCC2)CC1)Nc1ccc(Oc2ccccc2)cc1. The number of piperazine rings is 1. The molecule has 1 heterocycles. The maximum atomic E-state index is 12.4. The molecule has 0 bridgehead atoms. The summed E-state index contributed by atoms with van der Waals surface area (Å²) < 4.78 is 5.79. The molecular formula is C24H32ClN3O2. The van der Waals surface area contributed by atoms with E-state index in [1.165, 1.54) is 32.1 Å². The van der Waals surface area contributed by atoms with Crippen molar-refractivity contribution in [1.29, 1.82) is 0 Å². The van der Waals surface area contributed by atoms with Gasteiger partial charge in [0.15, 0.2) is 0 Å². The zero-order valence-electron chi connectivity index (χ0n) is 17.5. The Kier molecular flexibility index (Phi) is 8.55. The number of hydrogen-bond donors (Lipinski definition) is 1. The van der Waals surface area contributed by atoms with Gasteiger partial charge in [-0.25, -0.2) is 0 Å². The molecule has 0 unspecified atom stereocenters. The number of ether oxygens (including phenoxy) is 1. The second kappa shape index (κ2) is 11.3. The molecule has 30 heavy (non-hydrogen) atoms. The number of amides is 1. The van der Waals surface area contributed by atoms with Crippen LogP contribution in [0.5, 0.6) is 11.5 Å². The largest absolute Gasteiger partial charge is 0.457 e. The fourth-order valence-corrected chi connectivity index (χ4v) is 4.37. The lowest BCUT2D eigenvalue weighted by Gasteiger charge is -2.40. The maximum absolute atomic E-state index is 12.4. The zero-order chi connectivity index (χ0) is 19.9. The normalized spacial score (nSPS) is 18.4. The molecule has 1 N–H and O–H groups in total. The summed E-state index contributed by atoms with van der Waals surface area (Å²) in [7, 11) is 0. The molecular weight excluding hydrogens is 398 g/mol. The molecule has 1 saturated carbocycles. The molecule has 1 saturated heterocycles. The number of carbonyl (C=O) groups is 1. The van der Waals surface area contributed by atoms with Gasteiger partial charge in [-0.2, -0.15) is 0 Å². The quantitative estimate of drug-likeness (QED) is 0.717. The fraction of sp³-hybridized carbons (Fsp3) is 0.458. The molecule has 0 spiro atoms. The molecule has 1 aliphatic heterocycles. The van der Waals surface area contributed by atoms with Crippen molar-refractivity contribution in [2.24, 2.45) is 0 Å². The lowest BCUT2D eigenvalue weighted by Crippen LogP contribution is -2.52. The third-order valence-corrected chi connectivity index (χ3v) is 5.98. The Morgan fingerprint density at radius 2 is 1.50 bits per heavy atom. The van der Waals surface area contributed by atoms with Crippen LogP contribution in [0.4, 0.5) is 5.69 Å². The minimum Gasteiger partial charge on any atom is -0.457 e. The van der Waals surface area contributed by atoms with Crippen molar-refractivity contribution < 1.29 is 9.53 Å². The Balaban J connectivity index is 0.00000256. The van der Waals surface area contributed by atoms with E-state index in [9.17, 15) is 4.79 Å². The Bertz CT molecular complexity index is 771. The molecule has 162 valence electrons. The van der Waals surface area contributed by atoms with Crippen LogP contribution in [0.1, 0.15) is 32.1 Å². The first-order valence-electron chi connectivity index (χ1n) is 10.9. The van der Waals surface area contributed by atoms with Crippen LogP contribution in [-0.2, 0) is 4.79 Å². The van der Waals surface area contributed by atoms with Crippen LogP contribution in [0.2, 0.25) is 0 Å². The monoisotopic (exact) mass is 429 g/mol. The van der Waals surface area contributed by atoms with Gasteiger partial charge in [-0.05, 0) is 49.2 Å². The van der Waals surface area contributed by atoms with E-state index in [0.717, 1.165) is 49.4 Å². The maximum Gasteiger partial charge on any atom is 0.238 e. The van der Waals surface area contributed by atoms with Crippen molar-refractivity contribution in [2.75, 3.05) is 38.0 Å². The van der Waals surface area contributed by atoms with Gasteiger partial charge in [0.05, 0.1) is 6.54 Å². The van der Waals surface area contributed by atoms with Gasteiger partial charge in [-0.1, -0.05) is 37.5 Å². The molecule has 4 rings (SSSR count). The minimum absolute atomic E-state index is 0. The summed E-state index contributed by atoms with van der Waals surface area (Å²) in [5.41, 5.74) is 0.802. The topological polar surface area (TPSA) is 44.8 Å². The predicted molar refractivity (Wildman–Crippen MR) is 124 cm³/mol. The molecule has 0 radical (unpaired) electrons. The molecule has 2 aliphatic rings. The van der Waals surface area contributed by atoms with Crippen molar-refractivity contribution >= 4 is 24.0 Å². The molecule has 0 atom stereocenters. The highest BCUT2D eigenvalue weighted by molar-refractivity contribution is 5.92. The highest BCUT2D eigenvalue weighted by Gasteiger charge is 2.25. The molecule has 1 amide bonds.